The van der Waals surface area contributed by atoms with Gasteiger partial charge in [0.25, 0.3) is 0 Å². The molecule has 0 aliphatic rings. The molecule has 0 saturated carbocycles. The number of rotatable bonds is 6. The highest BCUT2D eigenvalue weighted by atomic mass is 35.5. The summed E-state index contributed by atoms with van der Waals surface area (Å²) in [6.07, 6.45) is 2.05. The van der Waals surface area contributed by atoms with Crippen molar-refractivity contribution in [3.8, 4) is 5.75 Å². The fourth-order valence-corrected chi connectivity index (χ4v) is 3.26. The second kappa shape index (κ2) is 7.71. The van der Waals surface area contributed by atoms with E-state index in [1.165, 1.54) is 5.52 Å². The number of para-hydroxylation sites is 2. The van der Waals surface area contributed by atoms with Crippen LogP contribution in [0.4, 0.5) is 0 Å². The summed E-state index contributed by atoms with van der Waals surface area (Å²) < 4.78 is 8.23. The van der Waals surface area contributed by atoms with Crippen molar-refractivity contribution < 1.29 is 4.74 Å². The second-order valence-electron chi connectivity index (χ2n) is 7.79. The summed E-state index contributed by atoms with van der Waals surface area (Å²) in [4.78, 5) is 4.87. The molecule has 0 saturated heterocycles. The first-order chi connectivity index (χ1) is 12.4. The van der Waals surface area contributed by atoms with Crippen molar-refractivity contribution in [1.82, 2.24) is 9.55 Å². The molecule has 3 aromatic rings. The summed E-state index contributed by atoms with van der Waals surface area (Å²) in [6, 6.07) is 14.2. The minimum Gasteiger partial charge on any atom is -0.494 e. The molecule has 3 rings (SSSR count). The number of unbranched alkanes of at least 4 members (excludes halogenated alkanes) is 1. The maximum atomic E-state index is 6.06. The third-order valence-corrected chi connectivity index (χ3v) is 4.92. The van der Waals surface area contributed by atoms with Gasteiger partial charge in [-0.2, -0.15) is 0 Å². The summed E-state index contributed by atoms with van der Waals surface area (Å²) in [5.74, 6) is 2.03. The summed E-state index contributed by atoms with van der Waals surface area (Å²) in [7, 11) is 0. The minimum atomic E-state index is 0.0242. The van der Waals surface area contributed by atoms with E-state index in [4.69, 9.17) is 21.3 Å². The largest absolute Gasteiger partial charge is 0.494 e. The molecule has 4 heteroatoms. The van der Waals surface area contributed by atoms with Crippen LogP contribution in [0, 0.1) is 6.92 Å². The van der Waals surface area contributed by atoms with E-state index in [2.05, 4.69) is 43.5 Å². The van der Waals surface area contributed by atoms with Gasteiger partial charge in [-0.15, -0.1) is 0 Å². The average Bonchev–Trinajstić information content (AvgIpc) is 2.97. The Balaban J connectivity index is 1.62. The van der Waals surface area contributed by atoms with E-state index in [0.29, 0.717) is 6.61 Å². The number of imidazole rings is 1. The van der Waals surface area contributed by atoms with Gasteiger partial charge in [-0.25, -0.2) is 4.98 Å². The van der Waals surface area contributed by atoms with E-state index in [-0.39, 0.29) is 5.41 Å². The first-order valence-electron chi connectivity index (χ1n) is 9.21. The third kappa shape index (κ3) is 4.21. The Labute approximate surface area is 161 Å². The Morgan fingerprint density at radius 1 is 1.08 bits per heavy atom. The number of benzene rings is 2. The summed E-state index contributed by atoms with van der Waals surface area (Å²) in [5, 5.41) is 0.777. The number of hydrogen-bond acceptors (Lipinski definition) is 2. The van der Waals surface area contributed by atoms with Crippen molar-refractivity contribution in [2.45, 2.75) is 52.5 Å². The molecule has 0 radical (unpaired) electrons. The Bertz CT molecular complexity index is 893. The number of aryl methyl sites for hydroxylation is 2. The normalized spacial score (nSPS) is 11.9. The van der Waals surface area contributed by atoms with Crippen LogP contribution in [-0.4, -0.2) is 16.2 Å². The molecule has 26 heavy (non-hydrogen) atoms. The van der Waals surface area contributed by atoms with Crippen LogP contribution in [0.15, 0.2) is 42.5 Å². The summed E-state index contributed by atoms with van der Waals surface area (Å²) in [5.41, 5.74) is 3.36. The first-order valence-corrected chi connectivity index (χ1v) is 9.59. The molecule has 0 N–H and O–H groups in total. The van der Waals surface area contributed by atoms with E-state index in [9.17, 15) is 0 Å². The molecule has 1 aromatic heterocycles. The Kier molecular flexibility index (Phi) is 5.57. The lowest BCUT2D eigenvalue weighted by molar-refractivity contribution is 0.302. The van der Waals surface area contributed by atoms with E-state index in [1.54, 1.807) is 0 Å². The van der Waals surface area contributed by atoms with Gasteiger partial charge in [0.1, 0.15) is 11.6 Å². The third-order valence-electron chi connectivity index (χ3n) is 4.50. The van der Waals surface area contributed by atoms with Crippen molar-refractivity contribution in [2.75, 3.05) is 6.61 Å². The Morgan fingerprint density at radius 2 is 1.85 bits per heavy atom. The van der Waals surface area contributed by atoms with Crippen molar-refractivity contribution in [1.29, 1.82) is 0 Å². The van der Waals surface area contributed by atoms with E-state index in [0.717, 1.165) is 47.1 Å². The van der Waals surface area contributed by atoms with E-state index < -0.39 is 0 Å². The molecule has 0 atom stereocenters. The zero-order valence-electron chi connectivity index (χ0n) is 16.1. The second-order valence-corrected chi connectivity index (χ2v) is 8.20. The monoisotopic (exact) mass is 370 g/mol. The van der Waals surface area contributed by atoms with Gasteiger partial charge in [0.15, 0.2) is 0 Å². The van der Waals surface area contributed by atoms with Crippen LogP contribution in [0.3, 0.4) is 0 Å². The zero-order chi connectivity index (χ0) is 18.7. The molecule has 1 heterocycles. The molecule has 3 nitrogen and oxygen atoms in total. The van der Waals surface area contributed by atoms with Crippen molar-refractivity contribution in [2.24, 2.45) is 0 Å². The minimum absolute atomic E-state index is 0.0242. The first kappa shape index (κ1) is 18.8. The fourth-order valence-electron chi connectivity index (χ4n) is 3.14. The quantitative estimate of drug-likeness (QED) is 0.486. The highest BCUT2D eigenvalue weighted by Crippen LogP contribution is 2.27. The van der Waals surface area contributed by atoms with Gasteiger partial charge in [-0.3, -0.25) is 0 Å². The van der Waals surface area contributed by atoms with Crippen molar-refractivity contribution in [3.05, 3.63) is 58.9 Å². The molecular formula is C22H27ClN2O. The highest BCUT2D eigenvalue weighted by molar-refractivity contribution is 6.31. The van der Waals surface area contributed by atoms with E-state index >= 15 is 0 Å². The molecule has 0 aliphatic carbocycles. The Hall–Kier alpha value is -2.00. The predicted octanol–water partition coefficient (Wildman–Crippen LogP) is 6.15. The predicted molar refractivity (Wildman–Crippen MR) is 109 cm³/mol. The topological polar surface area (TPSA) is 27.1 Å². The van der Waals surface area contributed by atoms with Crippen molar-refractivity contribution >= 4 is 22.6 Å². The SMILES string of the molecule is Cc1cc(OCCCCn2c(C(C)(C)C)nc3ccccc32)ccc1Cl. The lowest BCUT2D eigenvalue weighted by atomic mass is 9.95. The number of aromatic nitrogens is 2. The molecule has 2 aromatic carbocycles. The van der Waals surface area contributed by atoms with Crippen LogP contribution in [-0.2, 0) is 12.0 Å². The van der Waals surface area contributed by atoms with Crippen LogP contribution in [0.2, 0.25) is 5.02 Å². The fraction of sp³-hybridized carbons (Fsp3) is 0.409. The molecule has 0 aliphatic heterocycles. The molecule has 0 bridgehead atoms. The molecule has 0 spiro atoms. The standard InChI is InChI=1S/C22H27ClN2O/c1-16-15-17(11-12-18(16)23)26-14-8-7-13-25-20-10-6-5-9-19(20)24-21(25)22(2,3)4/h5-6,9-12,15H,7-8,13-14H2,1-4H3. The lowest BCUT2D eigenvalue weighted by Crippen LogP contribution is -2.19. The van der Waals surface area contributed by atoms with Gasteiger partial charge >= 0.3 is 0 Å². The summed E-state index contributed by atoms with van der Waals surface area (Å²) >= 11 is 6.06. The highest BCUT2D eigenvalue weighted by Gasteiger charge is 2.22. The maximum Gasteiger partial charge on any atom is 0.119 e. The van der Waals surface area contributed by atoms with Gasteiger partial charge in [-0.1, -0.05) is 44.5 Å². The van der Waals surface area contributed by atoms with Gasteiger partial charge in [0, 0.05) is 17.0 Å². The smallest absolute Gasteiger partial charge is 0.119 e. The van der Waals surface area contributed by atoms with Crippen LogP contribution in [0.1, 0.15) is 45.0 Å². The number of halogens is 1. The van der Waals surface area contributed by atoms with Gasteiger partial charge < -0.3 is 9.30 Å². The number of ether oxygens (including phenoxy) is 1. The van der Waals surface area contributed by atoms with Crippen LogP contribution in [0.5, 0.6) is 5.75 Å². The molecule has 0 unspecified atom stereocenters. The van der Waals surface area contributed by atoms with Gasteiger partial charge in [-0.05, 0) is 55.7 Å². The zero-order valence-corrected chi connectivity index (χ0v) is 16.8. The molecular weight excluding hydrogens is 344 g/mol. The van der Waals surface area contributed by atoms with Crippen LogP contribution < -0.4 is 4.74 Å². The number of fused-ring (bicyclic) bond motifs is 1. The van der Waals surface area contributed by atoms with Gasteiger partial charge in [0.2, 0.25) is 0 Å². The molecule has 0 amide bonds. The molecule has 0 fully saturated rings. The van der Waals surface area contributed by atoms with E-state index in [1.807, 2.05) is 31.2 Å². The average molecular weight is 371 g/mol. The lowest BCUT2D eigenvalue weighted by Gasteiger charge is -2.20. The van der Waals surface area contributed by atoms with Crippen LogP contribution >= 0.6 is 11.6 Å². The van der Waals surface area contributed by atoms with Gasteiger partial charge in [0.05, 0.1) is 17.6 Å². The number of hydrogen-bond donors (Lipinski definition) is 0. The Morgan fingerprint density at radius 3 is 2.58 bits per heavy atom. The van der Waals surface area contributed by atoms with Crippen LogP contribution in [0.25, 0.3) is 11.0 Å². The maximum absolute atomic E-state index is 6.06. The van der Waals surface area contributed by atoms with Crippen molar-refractivity contribution in [3.63, 3.8) is 0 Å². The number of nitrogens with zero attached hydrogens (tertiary/aromatic N) is 2. The molecule has 138 valence electrons. The summed E-state index contributed by atoms with van der Waals surface area (Å²) in [6.45, 7) is 10.3.